The largest absolute Gasteiger partial charge is 0.491 e. The topological polar surface area (TPSA) is 73.6 Å². The van der Waals surface area contributed by atoms with Gasteiger partial charge in [-0.15, -0.1) is 0 Å². The van der Waals surface area contributed by atoms with Crippen molar-refractivity contribution in [3.8, 4) is 11.5 Å². The van der Waals surface area contributed by atoms with Crippen LogP contribution in [0.1, 0.15) is 31.9 Å². The maximum absolute atomic E-state index is 11.6. The maximum Gasteiger partial charge on any atom is 0.257 e. The molecule has 0 spiro atoms. The van der Waals surface area contributed by atoms with Crippen molar-refractivity contribution >= 4 is 5.91 Å². The summed E-state index contributed by atoms with van der Waals surface area (Å²) >= 11 is 0. The first-order valence-electron chi connectivity index (χ1n) is 6.98. The van der Waals surface area contributed by atoms with Crippen LogP contribution in [-0.2, 0) is 4.79 Å². The van der Waals surface area contributed by atoms with Gasteiger partial charge in [0.2, 0.25) is 0 Å². The van der Waals surface area contributed by atoms with Gasteiger partial charge in [0.05, 0.1) is 6.04 Å². The lowest BCUT2D eigenvalue weighted by Gasteiger charge is -2.09. The summed E-state index contributed by atoms with van der Waals surface area (Å²) in [6.45, 7) is 5.44. The van der Waals surface area contributed by atoms with E-state index in [1.54, 1.807) is 6.07 Å². The van der Waals surface area contributed by atoms with Crippen molar-refractivity contribution in [3.63, 3.8) is 0 Å². The molecule has 110 valence electrons. The molecular weight excluding hydrogens is 256 g/mol. The third kappa shape index (κ3) is 3.87. The van der Waals surface area contributed by atoms with Gasteiger partial charge in [0.1, 0.15) is 18.1 Å². The van der Waals surface area contributed by atoms with Gasteiger partial charge in [-0.25, -0.2) is 0 Å². The first-order chi connectivity index (χ1) is 9.56. The van der Waals surface area contributed by atoms with Crippen LogP contribution in [0.2, 0.25) is 0 Å². The Morgan fingerprint density at radius 2 is 2.35 bits per heavy atom. The molecule has 1 aliphatic rings. The number of ether oxygens (including phenoxy) is 2. The van der Waals surface area contributed by atoms with Gasteiger partial charge in [0.15, 0.2) is 6.61 Å². The quantitative estimate of drug-likeness (QED) is 0.829. The zero-order valence-electron chi connectivity index (χ0n) is 12.0. The molecule has 1 unspecified atom stereocenters. The first-order valence-corrected chi connectivity index (χ1v) is 6.98. The van der Waals surface area contributed by atoms with Crippen molar-refractivity contribution in [1.29, 1.82) is 0 Å². The molecule has 1 heterocycles. The van der Waals surface area contributed by atoms with Crippen LogP contribution >= 0.6 is 0 Å². The minimum absolute atomic E-state index is 0.0168. The molecule has 3 N–H and O–H groups in total. The number of fused-ring (bicyclic) bond motifs is 1. The van der Waals surface area contributed by atoms with Crippen LogP contribution in [0, 0.1) is 5.92 Å². The molecule has 0 aliphatic carbocycles. The molecule has 0 saturated carbocycles. The van der Waals surface area contributed by atoms with Crippen molar-refractivity contribution in [1.82, 2.24) is 5.32 Å². The Morgan fingerprint density at radius 1 is 1.55 bits per heavy atom. The smallest absolute Gasteiger partial charge is 0.257 e. The standard InChI is InChI=1S/C15H22N2O3/c1-10(2)5-6-17-15(18)9-19-11-3-4-12-13(16)8-20-14(12)7-11/h3-4,7,10,13H,5-6,8-9,16H2,1-2H3,(H,17,18). The summed E-state index contributed by atoms with van der Waals surface area (Å²) in [5.74, 6) is 1.84. The molecule has 1 amide bonds. The zero-order chi connectivity index (χ0) is 14.5. The molecular formula is C15H22N2O3. The highest BCUT2D eigenvalue weighted by Gasteiger charge is 2.20. The Bertz CT molecular complexity index is 474. The number of hydrogen-bond donors (Lipinski definition) is 2. The summed E-state index contributed by atoms with van der Waals surface area (Å²) < 4.78 is 10.9. The molecule has 0 aromatic heterocycles. The van der Waals surface area contributed by atoms with Gasteiger partial charge >= 0.3 is 0 Å². The Hall–Kier alpha value is -1.75. The lowest BCUT2D eigenvalue weighted by molar-refractivity contribution is -0.123. The molecule has 5 heteroatoms. The molecule has 0 radical (unpaired) electrons. The van der Waals surface area contributed by atoms with Crippen LogP contribution in [-0.4, -0.2) is 25.7 Å². The van der Waals surface area contributed by atoms with E-state index in [2.05, 4.69) is 19.2 Å². The van der Waals surface area contributed by atoms with Crippen LogP contribution in [0.4, 0.5) is 0 Å². The molecule has 2 rings (SSSR count). The van der Waals surface area contributed by atoms with E-state index in [4.69, 9.17) is 15.2 Å². The van der Waals surface area contributed by atoms with Crippen LogP contribution in [0.3, 0.4) is 0 Å². The SMILES string of the molecule is CC(C)CCNC(=O)COc1ccc2c(c1)OCC2N. The summed E-state index contributed by atoms with van der Waals surface area (Å²) in [4.78, 5) is 11.6. The number of hydrogen-bond acceptors (Lipinski definition) is 4. The van der Waals surface area contributed by atoms with E-state index in [9.17, 15) is 4.79 Å². The van der Waals surface area contributed by atoms with Crippen molar-refractivity contribution < 1.29 is 14.3 Å². The van der Waals surface area contributed by atoms with E-state index in [1.807, 2.05) is 12.1 Å². The molecule has 1 atom stereocenters. The van der Waals surface area contributed by atoms with E-state index in [-0.39, 0.29) is 18.6 Å². The molecule has 1 aromatic rings. The number of carbonyl (C=O) groups excluding carboxylic acids is 1. The second-order valence-corrected chi connectivity index (χ2v) is 5.44. The number of carbonyl (C=O) groups is 1. The highest BCUT2D eigenvalue weighted by atomic mass is 16.5. The van der Waals surface area contributed by atoms with Gasteiger partial charge in [-0.05, 0) is 24.5 Å². The minimum Gasteiger partial charge on any atom is -0.491 e. The highest BCUT2D eigenvalue weighted by Crippen LogP contribution is 2.33. The van der Waals surface area contributed by atoms with E-state index >= 15 is 0 Å². The van der Waals surface area contributed by atoms with Gasteiger partial charge in [0, 0.05) is 18.2 Å². The third-order valence-corrected chi connectivity index (χ3v) is 3.22. The predicted octanol–water partition coefficient (Wildman–Crippen LogP) is 1.62. The van der Waals surface area contributed by atoms with Gasteiger partial charge in [-0.1, -0.05) is 13.8 Å². The van der Waals surface area contributed by atoms with E-state index < -0.39 is 0 Å². The van der Waals surface area contributed by atoms with Crippen LogP contribution < -0.4 is 20.5 Å². The zero-order valence-corrected chi connectivity index (χ0v) is 12.0. The molecule has 0 bridgehead atoms. The number of nitrogens with two attached hydrogens (primary N) is 1. The van der Waals surface area contributed by atoms with E-state index in [1.165, 1.54) is 0 Å². The number of amides is 1. The molecule has 5 nitrogen and oxygen atoms in total. The van der Waals surface area contributed by atoms with Gasteiger partial charge in [0.25, 0.3) is 5.91 Å². The Kier molecular flexibility index (Phi) is 4.84. The van der Waals surface area contributed by atoms with Crippen molar-refractivity contribution in [2.45, 2.75) is 26.3 Å². The maximum atomic E-state index is 11.6. The fraction of sp³-hybridized carbons (Fsp3) is 0.533. The second-order valence-electron chi connectivity index (χ2n) is 5.44. The lowest BCUT2D eigenvalue weighted by atomic mass is 10.1. The van der Waals surface area contributed by atoms with Gasteiger partial charge in [-0.2, -0.15) is 0 Å². The van der Waals surface area contributed by atoms with Crippen molar-refractivity contribution in [3.05, 3.63) is 23.8 Å². The molecule has 0 fully saturated rings. The average Bonchev–Trinajstić information content (AvgIpc) is 2.77. The molecule has 1 aromatic carbocycles. The normalized spacial score (nSPS) is 16.7. The van der Waals surface area contributed by atoms with Gasteiger partial charge in [-0.3, -0.25) is 4.79 Å². The second kappa shape index (κ2) is 6.61. The van der Waals surface area contributed by atoms with Crippen LogP contribution in [0.15, 0.2) is 18.2 Å². The summed E-state index contributed by atoms with van der Waals surface area (Å²) in [6, 6.07) is 5.41. The third-order valence-electron chi connectivity index (χ3n) is 3.22. The average molecular weight is 278 g/mol. The molecule has 0 saturated heterocycles. The number of nitrogens with one attached hydrogen (secondary N) is 1. The number of benzene rings is 1. The first kappa shape index (κ1) is 14.7. The van der Waals surface area contributed by atoms with Crippen LogP contribution in [0.25, 0.3) is 0 Å². The molecule has 20 heavy (non-hydrogen) atoms. The number of rotatable bonds is 6. The molecule has 1 aliphatic heterocycles. The van der Waals surface area contributed by atoms with E-state index in [0.717, 1.165) is 17.7 Å². The lowest BCUT2D eigenvalue weighted by Crippen LogP contribution is -2.30. The predicted molar refractivity (Wildman–Crippen MR) is 76.8 cm³/mol. The fourth-order valence-electron chi connectivity index (χ4n) is 2.01. The summed E-state index contributed by atoms with van der Waals surface area (Å²) in [7, 11) is 0. The Labute approximate surface area is 119 Å². The van der Waals surface area contributed by atoms with Crippen molar-refractivity contribution in [2.24, 2.45) is 11.7 Å². The Morgan fingerprint density at radius 3 is 3.10 bits per heavy atom. The van der Waals surface area contributed by atoms with Crippen molar-refractivity contribution in [2.75, 3.05) is 19.8 Å². The van der Waals surface area contributed by atoms with Crippen LogP contribution in [0.5, 0.6) is 11.5 Å². The summed E-state index contributed by atoms with van der Waals surface area (Å²) in [6.07, 6.45) is 0.969. The van der Waals surface area contributed by atoms with E-state index in [0.29, 0.717) is 24.8 Å². The fourth-order valence-corrected chi connectivity index (χ4v) is 2.01. The van der Waals surface area contributed by atoms with Gasteiger partial charge < -0.3 is 20.5 Å². The Balaban J connectivity index is 1.78. The monoisotopic (exact) mass is 278 g/mol. The summed E-state index contributed by atoms with van der Waals surface area (Å²) in [5, 5.41) is 2.83. The highest BCUT2D eigenvalue weighted by molar-refractivity contribution is 5.77. The summed E-state index contributed by atoms with van der Waals surface area (Å²) in [5.41, 5.74) is 6.85. The minimum atomic E-state index is -0.108.